The fourth-order valence-electron chi connectivity index (χ4n) is 0.482. The third-order valence-electron chi connectivity index (χ3n) is 1.09. The van der Waals surface area contributed by atoms with Crippen molar-refractivity contribution in [2.24, 2.45) is 0 Å². The Hall–Kier alpha value is 1.66. The van der Waals surface area contributed by atoms with Gasteiger partial charge in [-0.05, 0) is 12.2 Å². The van der Waals surface area contributed by atoms with Gasteiger partial charge in [-0.2, -0.15) is 0 Å². The molecule has 11 heavy (non-hydrogen) atoms. The minimum Gasteiger partial charge on any atom is -0.490 e. The quantitative estimate of drug-likeness (QED) is 0.495. The molecule has 6 heteroatoms. The van der Waals surface area contributed by atoms with Gasteiger partial charge < -0.3 is 13.6 Å². The summed E-state index contributed by atoms with van der Waals surface area (Å²) >= 11 is 4.82. The largest absolute Gasteiger partial charge is 0.490 e. The molecule has 0 aromatic carbocycles. The zero-order valence-electron chi connectivity index (χ0n) is 7.42. The first-order valence-corrected chi connectivity index (χ1v) is 5.03. The summed E-state index contributed by atoms with van der Waals surface area (Å²) in [5.41, 5.74) is 0. The van der Waals surface area contributed by atoms with Crippen LogP contribution in [0.2, 0.25) is 6.04 Å². The Balaban J connectivity index is 0. The van der Waals surface area contributed by atoms with Gasteiger partial charge in [-0.15, -0.1) is 0 Å². The molecule has 0 fully saturated rings. The van der Waals surface area contributed by atoms with Crippen LogP contribution in [-0.4, -0.2) is 87.0 Å². The summed E-state index contributed by atoms with van der Waals surface area (Å²) in [5, 5.41) is 0.556. The van der Waals surface area contributed by atoms with Crippen LogP contribution in [-0.2, 0) is 13.6 Å². The summed E-state index contributed by atoms with van der Waals surface area (Å²) < 4.78 is 14.8. The predicted molar refractivity (Wildman–Crippen MR) is 51.3 cm³/mol. The van der Waals surface area contributed by atoms with E-state index in [2.05, 4.69) is 0 Å². The van der Waals surface area contributed by atoms with Crippen molar-refractivity contribution in [1.82, 2.24) is 0 Å². The maximum absolute atomic E-state index is 5.02. The van der Waals surface area contributed by atoms with E-state index in [1.165, 1.54) is 0 Å². The van der Waals surface area contributed by atoms with E-state index in [9.17, 15) is 0 Å². The summed E-state index contributed by atoms with van der Waals surface area (Å²) in [6.45, 7) is 0. The predicted octanol–water partition coefficient (Wildman–Crippen LogP) is 0.0927. The van der Waals surface area contributed by atoms with E-state index < -0.39 is 9.28 Å². The second kappa shape index (κ2) is 9.75. The first-order chi connectivity index (χ1) is 4.74. The Morgan fingerprint density at radius 3 is 2.00 bits per heavy atom. The molecular weight excluding hydrogens is 207 g/mol. The van der Waals surface area contributed by atoms with E-state index in [0.717, 1.165) is 0 Å². The minimum absolute atomic E-state index is 0. The third kappa shape index (κ3) is 8.01. The van der Waals surface area contributed by atoms with Crippen molar-refractivity contribution in [3.8, 4) is 0 Å². The maximum Gasteiger partial charge on any atom is 0.329 e. The summed E-state index contributed by atoms with van der Waals surface area (Å²) in [6, 6.07) is 0.638. The van der Waals surface area contributed by atoms with Crippen LogP contribution in [0.25, 0.3) is 0 Å². The van der Waals surface area contributed by atoms with Crippen LogP contribution in [0.4, 0.5) is 0 Å². The monoisotopic (exact) mass is 219 g/mol. The van der Waals surface area contributed by atoms with Crippen LogP contribution in [0.3, 0.4) is 0 Å². The number of hydrogen-bond donors (Lipinski definition) is 0. The molecule has 61 valence electrons. The SMILES string of the molecule is COC(=S)C[SiH](OC)OC.[K]. The number of rotatable bonds is 4. The molecule has 3 nitrogen and oxygen atoms in total. The van der Waals surface area contributed by atoms with Crippen LogP contribution in [0.1, 0.15) is 0 Å². The van der Waals surface area contributed by atoms with E-state index in [4.69, 9.17) is 25.8 Å². The minimum atomic E-state index is -1.53. The van der Waals surface area contributed by atoms with Gasteiger partial charge in [-0.25, -0.2) is 0 Å². The molecule has 0 aromatic rings. The third-order valence-corrected chi connectivity index (χ3v) is 3.47. The van der Waals surface area contributed by atoms with E-state index in [1.807, 2.05) is 0 Å². The number of hydrogen-bond acceptors (Lipinski definition) is 4. The van der Waals surface area contributed by atoms with Gasteiger partial charge in [0, 0.05) is 65.6 Å². The molecule has 0 atom stereocenters. The molecule has 0 spiro atoms. The molecule has 0 aromatic heterocycles. The van der Waals surface area contributed by atoms with E-state index in [0.29, 0.717) is 11.1 Å². The molecule has 0 bridgehead atoms. The van der Waals surface area contributed by atoms with E-state index in [-0.39, 0.29) is 51.4 Å². The molecule has 0 N–H and O–H groups in total. The van der Waals surface area contributed by atoms with Gasteiger partial charge in [0.05, 0.1) is 13.2 Å². The van der Waals surface area contributed by atoms with Gasteiger partial charge in [0.2, 0.25) is 0 Å². The zero-order valence-corrected chi connectivity index (χ0v) is 12.5. The van der Waals surface area contributed by atoms with Gasteiger partial charge in [-0.1, -0.05) is 0 Å². The van der Waals surface area contributed by atoms with Crippen LogP contribution < -0.4 is 0 Å². The Labute approximate surface area is 117 Å². The Bertz CT molecular complexity index is 110. The summed E-state index contributed by atoms with van der Waals surface area (Å²) in [5.74, 6) is 0. The Morgan fingerprint density at radius 1 is 1.27 bits per heavy atom. The molecule has 0 amide bonds. The van der Waals surface area contributed by atoms with Crippen molar-refractivity contribution in [2.75, 3.05) is 21.3 Å². The molecule has 0 heterocycles. The standard InChI is InChI=1S/C5H12O3SSi.K/c1-6-5(9)4-10(7-2)8-3;/h10H,4H2,1-3H3;. The van der Waals surface area contributed by atoms with Crippen molar-refractivity contribution in [3.63, 3.8) is 0 Å². The van der Waals surface area contributed by atoms with Crippen LogP contribution >= 0.6 is 12.2 Å². The van der Waals surface area contributed by atoms with Crippen molar-refractivity contribution >= 4 is 77.9 Å². The molecule has 0 aliphatic heterocycles. The molecule has 0 rings (SSSR count). The fraction of sp³-hybridized carbons (Fsp3) is 0.800. The van der Waals surface area contributed by atoms with E-state index in [1.54, 1.807) is 21.3 Å². The van der Waals surface area contributed by atoms with Gasteiger partial charge in [-0.3, -0.25) is 0 Å². The topological polar surface area (TPSA) is 27.7 Å². The average Bonchev–Trinajstić information content (AvgIpc) is 1.99. The fourth-order valence-corrected chi connectivity index (χ4v) is 1.86. The smallest absolute Gasteiger partial charge is 0.329 e. The summed E-state index contributed by atoms with van der Waals surface area (Å²) in [6.07, 6.45) is 0. The zero-order chi connectivity index (χ0) is 7.98. The molecule has 0 saturated heterocycles. The molecule has 0 unspecified atom stereocenters. The molecule has 0 saturated carbocycles. The Morgan fingerprint density at radius 2 is 1.73 bits per heavy atom. The first kappa shape index (κ1) is 15.1. The van der Waals surface area contributed by atoms with Crippen molar-refractivity contribution in [1.29, 1.82) is 0 Å². The molecule has 0 aliphatic rings. The van der Waals surface area contributed by atoms with Gasteiger partial charge in [0.15, 0.2) is 5.05 Å². The number of thiocarbonyl (C=S) groups is 1. The molecular formula is C5H12KO3SSi. The number of ether oxygens (including phenoxy) is 1. The van der Waals surface area contributed by atoms with E-state index >= 15 is 0 Å². The summed E-state index contributed by atoms with van der Waals surface area (Å²) in [7, 11) is 3.27. The van der Waals surface area contributed by atoms with Crippen molar-refractivity contribution in [3.05, 3.63) is 0 Å². The Kier molecular flexibility index (Phi) is 13.4. The first-order valence-electron chi connectivity index (χ1n) is 2.87. The molecule has 0 aliphatic carbocycles. The summed E-state index contributed by atoms with van der Waals surface area (Å²) in [4.78, 5) is 0. The van der Waals surface area contributed by atoms with Gasteiger partial charge in [0.25, 0.3) is 0 Å². The van der Waals surface area contributed by atoms with Gasteiger partial charge in [0.1, 0.15) is 0 Å². The van der Waals surface area contributed by atoms with Crippen LogP contribution in [0.5, 0.6) is 0 Å². The normalized spacial score (nSPS) is 9.09. The number of methoxy groups -OCH3 is 1. The average molecular weight is 219 g/mol. The molecule has 1 radical (unpaired) electrons. The van der Waals surface area contributed by atoms with Crippen molar-refractivity contribution in [2.45, 2.75) is 6.04 Å². The second-order valence-corrected chi connectivity index (χ2v) is 4.35. The van der Waals surface area contributed by atoms with Gasteiger partial charge >= 0.3 is 9.28 Å². The second-order valence-electron chi connectivity index (χ2n) is 1.68. The maximum atomic E-state index is 5.02. The van der Waals surface area contributed by atoms with Crippen LogP contribution in [0, 0.1) is 0 Å². The van der Waals surface area contributed by atoms with Crippen molar-refractivity contribution < 1.29 is 13.6 Å². The van der Waals surface area contributed by atoms with Crippen LogP contribution in [0.15, 0.2) is 0 Å².